The number of rotatable bonds is 7. The molecule has 0 radical (unpaired) electrons. The third-order valence-electron chi connectivity index (χ3n) is 14.2. The Kier molecular flexibility index (Phi) is 9.29. The average Bonchev–Trinajstić information content (AvgIpc) is 3.86. The van der Waals surface area contributed by atoms with Gasteiger partial charge < -0.3 is 13.7 Å². The summed E-state index contributed by atoms with van der Waals surface area (Å²) in [7, 11) is 0. The van der Waals surface area contributed by atoms with Gasteiger partial charge in [0.15, 0.2) is 0 Å². The van der Waals surface area contributed by atoms with Crippen molar-refractivity contribution in [2.75, 3.05) is 0 Å². The van der Waals surface area contributed by atoms with E-state index in [0.29, 0.717) is 0 Å². The maximum absolute atomic E-state index is 5.62. The molecule has 4 nitrogen and oxygen atoms in total. The highest BCUT2D eigenvalue weighted by Crippen LogP contribution is 2.40. The first-order valence-electron chi connectivity index (χ1n) is 23.7. The zero-order chi connectivity index (χ0) is 46.2. The van der Waals surface area contributed by atoms with E-state index in [4.69, 9.17) is 4.98 Å². The van der Waals surface area contributed by atoms with Crippen LogP contribution in [0.2, 0.25) is 0 Å². The summed E-state index contributed by atoms with van der Waals surface area (Å²) < 4.78 is 7.12. The second-order valence-corrected chi connectivity index (χ2v) is 18.5. The van der Waals surface area contributed by atoms with Crippen LogP contribution in [0.4, 0.5) is 0 Å². The Hall–Kier alpha value is -8.91. The first-order valence-corrected chi connectivity index (χ1v) is 23.7. The van der Waals surface area contributed by atoms with E-state index in [2.05, 4.69) is 258 Å². The van der Waals surface area contributed by atoms with Gasteiger partial charge in [-0.3, -0.25) is 4.98 Å². The monoisotopic (exact) mass is 882 g/mol. The molecule has 326 valence electrons. The summed E-state index contributed by atoms with van der Waals surface area (Å²) in [6.07, 6.45) is 18.1. The van der Waals surface area contributed by atoms with Gasteiger partial charge in [0.2, 0.25) is 0 Å². The zero-order valence-electron chi connectivity index (χ0n) is 38.5. The van der Waals surface area contributed by atoms with E-state index in [1.165, 1.54) is 60.3 Å². The fourth-order valence-corrected chi connectivity index (χ4v) is 10.8. The molecule has 1 atom stereocenters. The number of para-hydroxylation sites is 5. The average molecular weight is 883 g/mol. The quantitative estimate of drug-likeness (QED) is 0.147. The van der Waals surface area contributed by atoms with Crippen molar-refractivity contribution in [3.63, 3.8) is 0 Å². The predicted octanol–water partition coefficient (Wildman–Crippen LogP) is 16.0. The number of benzene rings is 7. The second kappa shape index (κ2) is 15.9. The number of pyridine rings is 1. The molecule has 0 spiro atoms. The van der Waals surface area contributed by atoms with Crippen LogP contribution in [0.15, 0.2) is 213 Å². The lowest BCUT2D eigenvalue weighted by Crippen LogP contribution is -2.19. The van der Waals surface area contributed by atoms with Crippen molar-refractivity contribution in [1.29, 1.82) is 0 Å². The smallest absolute Gasteiger partial charge is 0.0970 e. The van der Waals surface area contributed by atoms with Crippen molar-refractivity contribution in [2.45, 2.75) is 25.7 Å². The molecule has 2 aliphatic carbocycles. The first-order chi connectivity index (χ1) is 33.9. The lowest BCUT2D eigenvalue weighted by atomic mass is 9.85. The highest BCUT2D eigenvalue weighted by molar-refractivity contribution is 6.11. The van der Waals surface area contributed by atoms with Crippen molar-refractivity contribution >= 4 is 72.4 Å². The van der Waals surface area contributed by atoms with Crippen LogP contribution in [0.25, 0.3) is 106 Å². The van der Waals surface area contributed by atoms with Crippen molar-refractivity contribution in [3.05, 3.63) is 241 Å². The van der Waals surface area contributed by atoms with E-state index in [1.807, 2.05) is 6.08 Å². The largest absolute Gasteiger partial charge is 0.310 e. The minimum absolute atomic E-state index is 0.743. The molecule has 0 amide bonds. The number of aromatic nitrogens is 4. The lowest BCUT2D eigenvalue weighted by molar-refractivity contribution is 0.754. The molecule has 13 rings (SSSR count). The number of allylic oxidation sites excluding steroid dienone is 7. The van der Waals surface area contributed by atoms with E-state index in [1.54, 1.807) is 0 Å². The Balaban J connectivity index is 1.02. The Morgan fingerprint density at radius 1 is 0.580 bits per heavy atom. The van der Waals surface area contributed by atoms with Crippen LogP contribution in [0, 0.1) is 18.8 Å². The molecule has 0 bridgehead atoms. The highest BCUT2D eigenvalue weighted by Gasteiger charge is 2.27. The Bertz CT molecular complexity index is 4060. The molecule has 4 heterocycles. The van der Waals surface area contributed by atoms with Crippen molar-refractivity contribution in [2.24, 2.45) is 0 Å². The lowest BCUT2D eigenvalue weighted by Gasteiger charge is -2.22. The van der Waals surface area contributed by atoms with E-state index in [9.17, 15) is 0 Å². The van der Waals surface area contributed by atoms with Crippen molar-refractivity contribution in [3.8, 4) is 45.6 Å². The highest BCUT2D eigenvalue weighted by atomic mass is 15.0. The third kappa shape index (κ3) is 6.50. The summed E-state index contributed by atoms with van der Waals surface area (Å²) in [5.74, 6) is 7.45. The maximum atomic E-state index is 5.62. The van der Waals surface area contributed by atoms with Crippen LogP contribution < -0.4 is 0 Å². The number of hydrogen-bond acceptors (Lipinski definition) is 1. The van der Waals surface area contributed by atoms with Crippen LogP contribution >= 0.6 is 0 Å². The summed E-state index contributed by atoms with van der Waals surface area (Å²) in [5.41, 5.74) is 17.8. The zero-order valence-corrected chi connectivity index (χ0v) is 38.5. The first kappa shape index (κ1) is 40.4. The van der Waals surface area contributed by atoms with Crippen LogP contribution in [-0.4, -0.2) is 18.7 Å². The van der Waals surface area contributed by atoms with Gasteiger partial charge in [0.25, 0.3) is 0 Å². The van der Waals surface area contributed by atoms with Crippen LogP contribution in [0.1, 0.15) is 35.0 Å². The predicted molar refractivity (Wildman–Crippen MR) is 291 cm³/mol. The molecule has 1 unspecified atom stereocenters. The van der Waals surface area contributed by atoms with Crippen molar-refractivity contribution in [1.82, 2.24) is 18.7 Å². The van der Waals surface area contributed by atoms with Crippen LogP contribution in [0.3, 0.4) is 0 Å². The van der Waals surface area contributed by atoms with E-state index in [-0.39, 0.29) is 0 Å². The van der Waals surface area contributed by atoms with Crippen LogP contribution in [-0.2, 0) is 11.8 Å². The van der Waals surface area contributed by atoms with Gasteiger partial charge in [-0.1, -0.05) is 152 Å². The molecule has 7 aromatic carbocycles. The van der Waals surface area contributed by atoms with Gasteiger partial charge in [-0.25, -0.2) is 0 Å². The molecule has 0 saturated carbocycles. The van der Waals surface area contributed by atoms with Crippen molar-refractivity contribution < 1.29 is 0 Å². The molecule has 2 aliphatic rings. The maximum Gasteiger partial charge on any atom is 0.0970 e. The fraction of sp³-hybridized carbons (Fsp3) is 0.0615. The number of fused-ring (bicyclic) bond motifs is 9. The molecule has 11 aromatic rings. The number of nitrogens with zero attached hydrogens (tertiary/aromatic N) is 4. The Labute approximate surface area is 401 Å². The van der Waals surface area contributed by atoms with Gasteiger partial charge >= 0.3 is 0 Å². The normalized spacial score (nSPS) is 15.4. The molecule has 0 aliphatic heterocycles. The van der Waals surface area contributed by atoms with E-state index < -0.39 is 5.41 Å². The fourth-order valence-electron chi connectivity index (χ4n) is 10.8. The van der Waals surface area contributed by atoms with Gasteiger partial charge in [-0.2, -0.15) is 0 Å². The molecule has 4 aromatic heterocycles. The summed E-state index contributed by atoms with van der Waals surface area (Å²) in [6.45, 7) is 8.69. The minimum Gasteiger partial charge on any atom is -0.310 e. The molecule has 69 heavy (non-hydrogen) atoms. The summed E-state index contributed by atoms with van der Waals surface area (Å²) in [4.78, 5) is 5.62. The molecule has 0 N–H and O–H groups in total. The van der Waals surface area contributed by atoms with Gasteiger partial charge in [-0.05, 0) is 133 Å². The van der Waals surface area contributed by atoms with Gasteiger partial charge in [-0.15, -0.1) is 0 Å². The second-order valence-electron chi connectivity index (χ2n) is 18.5. The van der Waals surface area contributed by atoms with E-state index in [0.717, 1.165) is 68.2 Å². The molecular formula is C65H46N4. The summed E-state index contributed by atoms with van der Waals surface area (Å²) in [5, 5.41) is 6.15. The van der Waals surface area contributed by atoms with Crippen LogP contribution in [0.5, 0.6) is 0 Å². The number of aryl methyl sites for hydroxylation is 1. The molecule has 4 heteroatoms. The summed E-state index contributed by atoms with van der Waals surface area (Å²) in [6, 6.07) is 61.4. The van der Waals surface area contributed by atoms with Gasteiger partial charge in [0.1, 0.15) is 0 Å². The third-order valence-corrected chi connectivity index (χ3v) is 14.2. The van der Waals surface area contributed by atoms with Gasteiger partial charge in [0.05, 0.1) is 55.8 Å². The van der Waals surface area contributed by atoms with Gasteiger partial charge in [0, 0.05) is 43.9 Å². The number of hydrogen-bond donors (Lipinski definition) is 0. The SMILES string of the molecule is C=Cc1cc(-c2cc(-c3ccc(C)c(-n4c5ccccc5c5ccccc54)c3)nc(C3(C)C#CC(n4c5ccccc5c5ccccc54)=CC=C3)c2)cc(-n2c3c(c4ccccc42)CC=CC=C3)c1. The molecule has 0 saturated heterocycles. The topological polar surface area (TPSA) is 27.7 Å². The Morgan fingerprint density at radius 2 is 1.17 bits per heavy atom. The molecule has 0 fully saturated rings. The minimum atomic E-state index is -0.743. The Morgan fingerprint density at radius 3 is 1.83 bits per heavy atom. The van der Waals surface area contributed by atoms with E-state index >= 15 is 0 Å². The molecular weight excluding hydrogens is 837 g/mol. The summed E-state index contributed by atoms with van der Waals surface area (Å²) >= 11 is 0. The standard InChI is InChI=1S/C65H46N4/c1-4-44-37-46(39-49(38-44)68-59-26-7-5-6-20-50(59)53-23-10-15-29-60(53)68)47-40-56(45-33-32-43(2)63(41-45)69-61-30-16-11-24-54(61)55-25-12-17-31-62(55)69)66-64(42-47)65(3)35-18-19-48(34-36-65)67-57-27-13-8-21-51(57)52-22-9-14-28-58(52)67/h4-19,21-33,35,37-42H,1,20H2,2-3H3.